The Labute approximate surface area is 186 Å². The summed E-state index contributed by atoms with van der Waals surface area (Å²) >= 11 is 6.28. The lowest BCUT2D eigenvalue weighted by molar-refractivity contribution is -0.124. The van der Waals surface area contributed by atoms with E-state index in [2.05, 4.69) is 5.32 Å². The Morgan fingerprint density at radius 3 is 2.52 bits per heavy atom. The molecule has 6 heteroatoms. The topological polar surface area (TPSA) is 56.1 Å². The maximum Gasteiger partial charge on any atom is 0.245 e. The quantitative estimate of drug-likeness (QED) is 0.410. The van der Waals surface area contributed by atoms with E-state index >= 15 is 0 Å². The van der Waals surface area contributed by atoms with Crippen molar-refractivity contribution < 1.29 is 9.53 Å². The molecular weight excluding hydrogens is 410 g/mol. The molecule has 0 aliphatic heterocycles. The fraction of sp³-hybridized carbons (Fsp3) is 0.200. The predicted molar refractivity (Wildman–Crippen MR) is 124 cm³/mol. The molecule has 1 N–H and O–H groups in total. The summed E-state index contributed by atoms with van der Waals surface area (Å²) in [5, 5.41) is 9.47. The average Bonchev–Trinajstić information content (AvgIpc) is 3.17. The van der Waals surface area contributed by atoms with E-state index in [-0.39, 0.29) is 5.91 Å². The van der Waals surface area contributed by atoms with Crippen LogP contribution in [0.15, 0.2) is 72.8 Å². The molecule has 0 aliphatic rings. The maximum atomic E-state index is 13.1. The number of hydrogen-bond acceptors (Lipinski definition) is 3. The Hall–Kier alpha value is -3.31. The number of methoxy groups -OCH3 is 1. The Kier molecular flexibility index (Phi) is 6.23. The molecule has 0 aliphatic carbocycles. The molecule has 4 aromatic rings. The van der Waals surface area contributed by atoms with Crippen LogP contribution in [0.1, 0.15) is 24.9 Å². The number of carbonyl (C=O) groups excluding carboxylic acids is 1. The first kappa shape index (κ1) is 20.9. The van der Waals surface area contributed by atoms with Gasteiger partial charge in [0.2, 0.25) is 5.91 Å². The highest BCUT2D eigenvalue weighted by molar-refractivity contribution is 6.31. The Bertz CT molecular complexity index is 1190. The first-order chi connectivity index (χ1) is 15.1. The van der Waals surface area contributed by atoms with Crippen LogP contribution in [0.5, 0.6) is 5.75 Å². The monoisotopic (exact) mass is 433 g/mol. The van der Waals surface area contributed by atoms with E-state index in [1.165, 1.54) is 0 Å². The standard InChI is InChI=1S/C25H24ClN3O2/c1-3-22(25(30)27-16-17-9-12-20(31-2)13-10-17)29-23-14-11-19(26)15-21(23)24(28-29)18-7-5-4-6-8-18/h4-15,22H,3,16H2,1-2H3,(H,27,30)/t22-/m1/s1. The van der Waals surface area contributed by atoms with E-state index in [4.69, 9.17) is 21.4 Å². The van der Waals surface area contributed by atoms with Crippen LogP contribution in [0.25, 0.3) is 22.2 Å². The second-order valence-electron chi connectivity index (χ2n) is 7.31. The van der Waals surface area contributed by atoms with Gasteiger partial charge in [0, 0.05) is 22.5 Å². The zero-order valence-electron chi connectivity index (χ0n) is 17.5. The highest BCUT2D eigenvalue weighted by Crippen LogP contribution is 2.32. The van der Waals surface area contributed by atoms with Crippen molar-refractivity contribution in [3.63, 3.8) is 0 Å². The van der Waals surface area contributed by atoms with E-state index in [1.54, 1.807) is 7.11 Å². The zero-order chi connectivity index (χ0) is 21.8. The minimum atomic E-state index is -0.431. The highest BCUT2D eigenvalue weighted by atomic mass is 35.5. The summed E-state index contributed by atoms with van der Waals surface area (Å²) in [5.41, 5.74) is 3.70. The number of aromatic nitrogens is 2. The third kappa shape index (κ3) is 4.42. The largest absolute Gasteiger partial charge is 0.497 e. The van der Waals surface area contributed by atoms with Crippen molar-refractivity contribution in [2.75, 3.05) is 7.11 Å². The lowest BCUT2D eigenvalue weighted by Crippen LogP contribution is -2.32. The predicted octanol–water partition coefficient (Wildman–Crippen LogP) is 5.63. The molecule has 0 saturated heterocycles. The van der Waals surface area contributed by atoms with Gasteiger partial charge in [0.05, 0.1) is 12.6 Å². The molecule has 0 radical (unpaired) electrons. The first-order valence-corrected chi connectivity index (χ1v) is 10.6. The van der Waals surface area contributed by atoms with E-state index < -0.39 is 6.04 Å². The lowest BCUT2D eigenvalue weighted by Gasteiger charge is -2.17. The number of nitrogens with one attached hydrogen (secondary N) is 1. The fourth-order valence-electron chi connectivity index (χ4n) is 3.68. The number of nitrogens with zero attached hydrogens (tertiary/aromatic N) is 2. The van der Waals surface area contributed by atoms with Crippen molar-refractivity contribution in [3.8, 4) is 17.0 Å². The number of amides is 1. The van der Waals surface area contributed by atoms with Crippen LogP contribution in [0.2, 0.25) is 5.02 Å². The van der Waals surface area contributed by atoms with Gasteiger partial charge in [0.15, 0.2) is 0 Å². The second kappa shape index (κ2) is 9.23. The van der Waals surface area contributed by atoms with Gasteiger partial charge in [-0.25, -0.2) is 0 Å². The molecule has 0 bridgehead atoms. The van der Waals surface area contributed by atoms with Gasteiger partial charge >= 0.3 is 0 Å². The molecule has 3 aromatic carbocycles. The molecule has 1 atom stereocenters. The molecule has 31 heavy (non-hydrogen) atoms. The average molecular weight is 434 g/mol. The number of ether oxygens (including phenoxy) is 1. The van der Waals surface area contributed by atoms with Crippen LogP contribution in [0.4, 0.5) is 0 Å². The van der Waals surface area contributed by atoms with E-state index in [0.717, 1.165) is 33.5 Å². The summed E-state index contributed by atoms with van der Waals surface area (Å²) in [7, 11) is 1.63. The molecule has 0 spiro atoms. The van der Waals surface area contributed by atoms with Crippen LogP contribution in [-0.4, -0.2) is 22.8 Å². The van der Waals surface area contributed by atoms with Gasteiger partial charge in [-0.05, 0) is 42.3 Å². The van der Waals surface area contributed by atoms with Gasteiger partial charge in [0.25, 0.3) is 0 Å². The number of hydrogen-bond donors (Lipinski definition) is 1. The van der Waals surface area contributed by atoms with E-state index in [9.17, 15) is 4.79 Å². The van der Waals surface area contributed by atoms with Gasteiger partial charge in [-0.15, -0.1) is 0 Å². The zero-order valence-corrected chi connectivity index (χ0v) is 18.3. The molecular formula is C25H24ClN3O2. The smallest absolute Gasteiger partial charge is 0.245 e. The summed E-state index contributed by atoms with van der Waals surface area (Å²) in [4.78, 5) is 13.1. The van der Waals surface area contributed by atoms with Crippen LogP contribution in [0.3, 0.4) is 0 Å². The van der Waals surface area contributed by atoms with Crippen molar-refractivity contribution in [1.82, 2.24) is 15.1 Å². The molecule has 1 heterocycles. The SMILES string of the molecule is CC[C@H](C(=O)NCc1ccc(OC)cc1)n1nc(-c2ccccc2)c2cc(Cl)ccc21. The highest BCUT2D eigenvalue weighted by Gasteiger charge is 2.23. The Morgan fingerprint density at radius 2 is 1.84 bits per heavy atom. The Balaban J connectivity index is 1.64. The van der Waals surface area contributed by atoms with Crippen molar-refractivity contribution in [3.05, 3.63) is 83.4 Å². The molecule has 158 valence electrons. The molecule has 0 unspecified atom stereocenters. The van der Waals surface area contributed by atoms with Crippen LogP contribution in [0, 0.1) is 0 Å². The molecule has 4 rings (SSSR count). The minimum absolute atomic E-state index is 0.0720. The summed E-state index contributed by atoms with van der Waals surface area (Å²) in [6.45, 7) is 2.43. The maximum absolute atomic E-state index is 13.1. The second-order valence-corrected chi connectivity index (χ2v) is 7.75. The third-order valence-electron chi connectivity index (χ3n) is 5.33. The van der Waals surface area contributed by atoms with Gasteiger partial charge in [-0.1, -0.05) is 61.0 Å². The summed E-state index contributed by atoms with van der Waals surface area (Å²) in [6, 6.07) is 22.8. The van der Waals surface area contributed by atoms with Crippen LogP contribution < -0.4 is 10.1 Å². The third-order valence-corrected chi connectivity index (χ3v) is 5.56. The fourth-order valence-corrected chi connectivity index (χ4v) is 3.85. The number of halogens is 1. The van der Waals surface area contributed by atoms with Crippen molar-refractivity contribution in [2.45, 2.75) is 25.9 Å². The number of benzene rings is 3. The van der Waals surface area contributed by atoms with Crippen molar-refractivity contribution >= 4 is 28.4 Å². The summed E-state index contributed by atoms with van der Waals surface area (Å²) < 4.78 is 7.00. The minimum Gasteiger partial charge on any atom is -0.497 e. The van der Waals surface area contributed by atoms with E-state index in [1.807, 2.05) is 84.4 Å². The van der Waals surface area contributed by atoms with Gasteiger partial charge in [-0.2, -0.15) is 5.10 Å². The number of carbonyl (C=O) groups is 1. The normalized spacial score (nSPS) is 12.0. The Morgan fingerprint density at radius 1 is 1.10 bits per heavy atom. The van der Waals surface area contributed by atoms with E-state index in [0.29, 0.717) is 18.0 Å². The van der Waals surface area contributed by atoms with Crippen molar-refractivity contribution in [2.24, 2.45) is 0 Å². The van der Waals surface area contributed by atoms with Gasteiger partial charge in [-0.3, -0.25) is 9.48 Å². The summed E-state index contributed by atoms with van der Waals surface area (Å²) in [6.07, 6.45) is 0.613. The van der Waals surface area contributed by atoms with Crippen molar-refractivity contribution in [1.29, 1.82) is 0 Å². The molecule has 1 aromatic heterocycles. The molecule has 0 fully saturated rings. The van der Waals surface area contributed by atoms with Crippen LogP contribution in [-0.2, 0) is 11.3 Å². The number of rotatable bonds is 7. The van der Waals surface area contributed by atoms with Crippen LogP contribution >= 0.6 is 11.6 Å². The number of fused-ring (bicyclic) bond motifs is 1. The lowest BCUT2D eigenvalue weighted by atomic mass is 10.1. The van der Waals surface area contributed by atoms with Gasteiger partial charge in [0.1, 0.15) is 17.5 Å². The summed E-state index contributed by atoms with van der Waals surface area (Å²) in [5.74, 6) is 0.717. The first-order valence-electron chi connectivity index (χ1n) is 10.2. The van der Waals surface area contributed by atoms with Gasteiger partial charge < -0.3 is 10.1 Å². The molecule has 1 amide bonds. The molecule has 0 saturated carbocycles. The molecule has 5 nitrogen and oxygen atoms in total.